The van der Waals surface area contributed by atoms with Crippen molar-refractivity contribution in [3.05, 3.63) is 71.0 Å². The van der Waals surface area contributed by atoms with Crippen molar-refractivity contribution in [2.75, 3.05) is 0 Å². The van der Waals surface area contributed by atoms with Gasteiger partial charge in [0.1, 0.15) is 17.5 Å². The lowest BCUT2D eigenvalue weighted by molar-refractivity contribution is 0.571. The number of rotatable bonds is 3. The average Bonchev–Trinajstić information content (AvgIpc) is 2.34. The topological polar surface area (TPSA) is 26.0 Å². The summed E-state index contributed by atoms with van der Waals surface area (Å²) >= 11 is 0. The molecule has 0 radical (unpaired) electrons. The number of benzene rings is 2. The molecule has 0 fully saturated rings. The van der Waals surface area contributed by atoms with Crippen molar-refractivity contribution >= 4 is 0 Å². The molecule has 2 aromatic carbocycles. The number of hydrogen-bond donors (Lipinski definition) is 1. The van der Waals surface area contributed by atoms with Gasteiger partial charge >= 0.3 is 0 Å². The van der Waals surface area contributed by atoms with Crippen LogP contribution in [0.2, 0.25) is 0 Å². The second-order valence-corrected chi connectivity index (χ2v) is 4.10. The third-order valence-corrected chi connectivity index (χ3v) is 2.72. The summed E-state index contributed by atoms with van der Waals surface area (Å²) < 4.78 is 39.4. The van der Waals surface area contributed by atoms with E-state index in [2.05, 4.69) is 0 Å². The molecule has 1 nitrogen and oxygen atoms in total. The first-order valence-electron chi connectivity index (χ1n) is 5.51. The summed E-state index contributed by atoms with van der Waals surface area (Å²) in [6.07, 6.45) is 0.118. The molecule has 0 bridgehead atoms. The zero-order chi connectivity index (χ0) is 13.1. The van der Waals surface area contributed by atoms with Crippen LogP contribution in [0.4, 0.5) is 13.2 Å². The van der Waals surface area contributed by atoms with Gasteiger partial charge in [-0.05, 0) is 47.9 Å². The van der Waals surface area contributed by atoms with Crippen LogP contribution in [0.5, 0.6) is 0 Å². The average molecular weight is 251 g/mol. The summed E-state index contributed by atoms with van der Waals surface area (Å²) in [4.78, 5) is 0. The van der Waals surface area contributed by atoms with Gasteiger partial charge in [-0.2, -0.15) is 0 Å². The Balaban J connectivity index is 2.21. The molecule has 0 heterocycles. The van der Waals surface area contributed by atoms with Gasteiger partial charge in [0.2, 0.25) is 0 Å². The van der Waals surface area contributed by atoms with Crippen LogP contribution in [0.15, 0.2) is 42.5 Å². The molecule has 0 aliphatic heterocycles. The Hall–Kier alpha value is -1.81. The molecule has 2 aromatic rings. The van der Waals surface area contributed by atoms with E-state index < -0.39 is 23.5 Å². The van der Waals surface area contributed by atoms with E-state index in [0.29, 0.717) is 5.56 Å². The molecular weight excluding hydrogens is 239 g/mol. The van der Waals surface area contributed by atoms with E-state index in [4.69, 9.17) is 5.73 Å². The van der Waals surface area contributed by atoms with E-state index in [-0.39, 0.29) is 12.0 Å². The second kappa shape index (κ2) is 5.23. The highest BCUT2D eigenvalue weighted by Gasteiger charge is 2.11. The molecule has 1 atom stereocenters. The molecule has 0 aliphatic carbocycles. The zero-order valence-corrected chi connectivity index (χ0v) is 9.54. The molecule has 0 aliphatic rings. The monoisotopic (exact) mass is 251 g/mol. The Labute approximate surface area is 103 Å². The minimum Gasteiger partial charge on any atom is -0.324 e. The zero-order valence-electron chi connectivity index (χ0n) is 9.54. The molecule has 4 heteroatoms. The first kappa shape index (κ1) is 12.6. The predicted molar refractivity (Wildman–Crippen MR) is 63.4 cm³/mol. The van der Waals surface area contributed by atoms with Crippen molar-refractivity contribution in [2.45, 2.75) is 12.5 Å². The van der Waals surface area contributed by atoms with Gasteiger partial charge in [-0.3, -0.25) is 0 Å². The summed E-state index contributed by atoms with van der Waals surface area (Å²) in [6.45, 7) is 0. The molecule has 0 spiro atoms. The van der Waals surface area contributed by atoms with Crippen molar-refractivity contribution in [2.24, 2.45) is 5.73 Å². The standard InChI is InChI=1S/C14H12F3N/c15-11-3-1-2-9(6-11)14(18)8-10-7-12(16)4-5-13(10)17/h1-7,14H,8,18H2. The largest absolute Gasteiger partial charge is 0.324 e. The van der Waals surface area contributed by atoms with E-state index in [1.165, 1.54) is 18.2 Å². The molecule has 0 amide bonds. The van der Waals surface area contributed by atoms with Crippen LogP contribution in [-0.2, 0) is 6.42 Å². The Bertz CT molecular complexity index is 554. The van der Waals surface area contributed by atoms with Crippen molar-refractivity contribution in [3.63, 3.8) is 0 Å². The van der Waals surface area contributed by atoms with Crippen LogP contribution < -0.4 is 5.73 Å². The number of nitrogens with two attached hydrogens (primary N) is 1. The molecule has 0 saturated heterocycles. The second-order valence-electron chi connectivity index (χ2n) is 4.10. The maximum atomic E-state index is 13.4. The maximum absolute atomic E-state index is 13.4. The molecule has 0 saturated carbocycles. The van der Waals surface area contributed by atoms with Crippen molar-refractivity contribution in [1.82, 2.24) is 0 Å². The molecule has 18 heavy (non-hydrogen) atoms. The van der Waals surface area contributed by atoms with Crippen molar-refractivity contribution in [3.8, 4) is 0 Å². The van der Waals surface area contributed by atoms with E-state index in [0.717, 1.165) is 18.2 Å². The lowest BCUT2D eigenvalue weighted by Gasteiger charge is -2.12. The normalized spacial score (nSPS) is 12.4. The number of halogens is 3. The van der Waals surface area contributed by atoms with E-state index >= 15 is 0 Å². The van der Waals surface area contributed by atoms with Gasteiger partial charge in [-0.15, -0.1) is 0 Å². The SMILES string of the molecule is NC(Cc1cc(F)ccc1F)c1cccc(F)c1. The van der Waals surface area contributed by atoms with Gasteiger partial charge in [0.15, 0.2) is 0 Å². The highest BCUT2D eigenvalue weighted by Crippen LogP contribution is 2.19. The lowest BCUT2D eigenvalue weighted by Crippen LogP contribution is -2.14. The third kappa shape index (κ3) is 2.90. The molecule has 2 N–H and O–H groups in total. The summed E-state index contributed by atoms with van der Waals surface area (Å²) in [5.41, 5.74) is 6.60. The fourth-order valence-corrected chi connectivity index (χ4v) is 1.79. The Morgan fingerprint density at radius 2 is 1.67 bits per heavy atom. The van der Waals surface area contributed by atoms with Crippen LogP contribution in [0, 0.1) is 17.5 Å². The van der Waals surface area contributed by atoms with Crippen LogP contribution >= 0.6 is 0 Å². The number of hydrogen-bond acceptors (Lipinski definition) is 1. The molecule has 2 rings (SSSR count). The van der Waals surface area contributed by atoms with Gasteiger partial charge in [0.05, 0.1) is 0 Å². The molecule has 0 aromatic heterocycles. The van der Waals surface area contributed by atoms with E-state index in [9.17, 15) is 13.2 Å². The molecule has 94 valence electrons. The molecular formula is C14H12F3N. The summed E-state index contributed by atoms with van der Waals surface area (Å²) in [5, 5.41) is 0. The van der Waals surface area contributed by atoms with Crippen molar-refractivity contribution in [1.29, 1.82) is 0 Å². The smallest absolute Gasteiger partial charge is 0.126 e. The Kier molecular flexibility index (Phi) is 3.67. The van der Waals surface area contributed by atoms with Gasteiger partial charge in [0, 0.05) is 6.04 Å². The van der Waals surface area contributed by atoms with Crippen LogP contribution in [0.3, 0.4) is 0 Å². The van der Waals surface area contributed by atoms with Crippen molar-refractivity contribution < 1.29 is 13.2 Å². The summed E-state index contributed by atoms with van der Waals surface area (Å²) in [5.74, 6) is -1.43. The fourth-order valence-electron chi connectivity index (χ4n) is 1.79. The van der Waals surface area contributed by atoms with Crippen LogP contribution in [-0.4, -0.2) is 0 Å². The predicted octanol–water partition coefficient (Wildman–Crippen LogP) is 3.35. The van der Waals surface area contributed by atoms with Gasteiger partial charge < -0.3 is 5.73 Å². The quantitative estimate of drug-likeness (QED) is 0.889. The van der Waals surface area contributed by atoms with Crippen LogP contribution in [0.25, 0.3) is 0 Å². The summed E-state index contributed by atoms with van der Waals surface area (Å²) in [6, 6.07) is 8.43. The Morgan fingerprint density at radius 3 is 2.39 bits per heavy atom. The van der Waals surface area contributed by atoms with Gasteiger partial charge in [0.25, 0.3) is 0 Å². The highest BCUT2D eigenvalue weighted by molar-refractivity contribution is 5.25. The lowest BCUT2D eigenvalue weighted by atomic mass is 9.99. The van der Waals surface area contributed by atoms with E-state index in [1.807, 2.05) is 0 Å². The van der Waals surface area contributed by atoms with Crippen LogP contribution in [0.1, 0.15) is 17.2 Å². The van der Waals surface area contributed by atoms with E-state index in [1.54, 1.807) is 6.07 Å². The van der Waals surface area contributed by atoms with Gasteiger partial charge in [-0.1, -0.05) is 12.1 Å². The fraction of sp³-hybridized carbons (Fsp3) is 0.143. The Morgan fingerprint density at radius 1 is 0.944 bits per heavy atom. The first-order valence-corrected chi connectivity index (χ1v) is 5.51. The first-order chi connectivity index (χ1) is 8.56. The summed E-state index contributed by atoms with van der Waals surface area (Å²) in [7, 11) is 0. The maximum Gasteiger partial charge on any atom is 0.126 e. The minimum atomic E-state index is -0.572. The van der Waals surface area contributed by atoms with Gasteiger partial charge in [-0.25, -0.2) is 13.2 Å². The minimum absolute atomic E-state index is 0.118. The third-order valence-electron chi connectivity index (χ3n) is 2.72. The molecule has 1 unspecified atom stereocenters. The highest BCUT2D eigenvalue weighted by atomic mass is 19.1.